The largest absolute Gasteiger partial charge is 0.472 e. The van der Waals surface area contributed by atoms with Crippen molar-refractivity contribution < 1.29 is 32.9 Å². The lowest BCUT2D eigenvalue weighted by Gasteiger charge is -2.25. The first-order valence-electron chi connectivity index (χ1n) is 40.1. The molecule has 0 bridgehead atoms. The average molecular weight is 1270 g/mol. The normalized spacial score (nSPS) is 13.5. The maximum absolute atomic E-state index is 13.1. The summed E-state index contributed by atoms with van der Waals surface area (Å²) in [6.07, 6.45) is 92.7. The highest BCUT2D eigenvalue weighted by molar-refractivity contribution is 7.47. The lowest BCUT2D eigenvalue weighted by Crippen LogP contribution is -2.45. The van der Waals surface area contributed by atoms with Crippen molar-refractivity contribution in [3.63, 3.8) is 0 Å². The summed E-state index contributed by atoms with van der Waals surface area (Å²) in [6, 6.07) is -0.845. The van der Waals surface area contributed by atoms with E-state index < -0.39 is 20.0 Å². The third-order valence-corrected chi connectivity index (χ3v) is 20.0. The number of unbranched alkanes of at least 4 members (excludes halogenated alkanes) is 63. The summed E-state index contributed by atoms with van der Waals surface area (Å²) in [7, 11) is 1.60. The van der Waals surface area contributed by atoms with Gasteiger partial charge in [0, 0.05) is 6.42 Å². The Kier molecular flexibility index (Phi) is 69.9. The second-order valence-electron chi connectivity index (χ2n) is 29.2. The van der Waals surface area contributed by atoms with Crippen molar-refractivity contribution in [1.29, 1.82) is 0 Å². The van der Waals surface area contributed by atoms with E-state index in [-0.39, 0.29) is 19.1 Å². The van der Waals surface area contributed by atoms with E-state index in [1.807, 2.05) is 27.2 Å². The van der Waals surface area contributed by atoms with E-state index in [4.69, 9.17) is 9.05 Å². The Hall–Kier alpha value is -0.760. The fraction of sp³-hybridized carbons (Fsp3) is 0.962. The topological polar surface area (TPSA) is 105 Å². The zero-order valence-corrected chi connectivity index (χ0v) is 61.4. The Balaban J connectivity index is 3.92. The fourth-order valence-corrected chi connectivity index (χ4v) is 13.6. The summed E-state index contributed by atoms with van der Waals surface area (Å²) in [4.78, 5) is 23.5. The van der Waals surface area contributed by atoms with Gasteiger partial charge in [-0.3, -0.25) is 13.8 Å². The number of amides is 1. The number of allylic oxidation sites excluding steroid dienone is 1. The van der Waals surface area contributed by atoms with Crippen molar-refractivity contribution in [2.75, 3.05) is 40.9 Å². The Labute approximate surface area is 552 Å². The fourth-order valence-electron chi connectivity index (χ4n) is 12.8. The number of phosphoric ester groups is 1. The van der Waals surface area contributed by atoms with E-state index >= 15 is 0 Å². The molecule has 0 aliphatic heterocycles. The number of phosphoric acid groups is 1. The molecule has 0 radical (unpaired) electrons. The van der Waals surface area contributed by atoms with Gasteiger partial charge in [-0.15, -0.1) is 0 Å². The molecule has 0 aliphatic rings. The molecule has 0 spiro atoms. The maximum atomic E-state index is 13.1. The van der Waals surface area contributed by atoms with Crippen LogP contribution in [0.3, 0.4) is 0 Å². The minimum atomic E-state index is -4.35. The highest BCUT2D eigenvalue weighted by atomic mass is 31.2. The number of rotatable bonds is 76. The van der Waals surface area contributed by atoms with Gasteiger partial charge in [-0.25, -0.2) is 4.57 Å². The van der Waals surface area contributed by atoms with Gasteiger partial charge in [0.05, 0.1) is 39.9 Å². The highest BCUT2D eigenvalue weighted by Gasteiger charge is 2.28. The van der Waals surface area contributed by atoms with Crippen LogP contribution >= 0.6 is 7.82 Å². The molecule has 0 saturated heterocycles. The zero-order chi connectivity index (χ0) is 64.1. The predicted octanol–water partition coefficient (Wildman–Crippen LogP) is 26.0. The van der Waals surface area contributed by atoms with Gasteiger partial charge in [0.25, 0.3) is 0 Å². The second-order valence-corrected chi connectivity index (χ2v) is 30.6. The summed E-state index contributed by atoms with van der Waals surface area (Å²) in [5, 5.41) is 14.1. The van der Waals surface area contributed by atoms with E-state index in [1.165, 1.54) is 385 Å². The number of carbonyl (C=O) groups is 1. The number of hydrogen-bond donors (Lipinski definition) is 3. The Morgan fingerprint density at radius 2 is 0.602 bits per heavy atom. The SMILES string of the molecule is CCCCCCCCCCCCCCCCCCCCCCCCCCCCCC/C=C/C(O)C(COP(=O)(O)OCC[N+](C)(C)C)NC(=O)CCCCCCCCCCCCCCCCCCCCCCCCCCCCCCCCCCCCCC. The van der Waals surface area contributed by atoms with Gasteiger partial charge in [0.15, 0.2) is 0 Å². The van der Waals surface area contributed by atoms with Crippen molar-refractivity contribution in [2.24, 2.45) is 0 Å². The van der Waals surface area contributed by atoms with E-state index in [0.717, 1.165) is 32.1 Å². The van der Waals surface area contributed by atoms with Crippen molar-refractivity contribution >= 4 is 13.7 Å². The molecule has 3 N–H and O–H groups in total. The van der Waals surface area contributed by atoms with E-state index in [9.17, 15) is 19.4 Å². The molecule has 0 aromatic heterocycles. The monoisotopic (exact) mass is 1260 g/mol. The van der Waals surface area contributed by atoms with Crippen LogP contribution in [0.4, 0.5) is 0 Å². The molecule has 0 saturated carbocycles. The molecule has 526 valence electrons. The lowest BCUT2D eigenvalue weighted by molar-refractivity contribution is -0.870. The van der Waals surface area contributed by atoms with Crippen LogP contribution in [0.15, 0.2) is 12.2 Å². The van der Waals surface area contributed by atoms with Crippen molar-refractivity contribution in [3.8, 4) is 0 Å². The number of likely N-dealkylation sites (N-methyl/N-ethyl adjacent to an activating group) is 1. The van der Waals surface area contributed by atoms with Crippen LogP contribution in [0.5, 0.6) is 0 Å². The molecule has 0 aliphatic carbocycles. The molecule has 88 heavy (non-hydrogen) atoms. The van der Waals surface area contributed by atoms with Gasteiger partial charge in [-0.1, -0.05) is 424 Å². The molecule has 0 rings (SSSR count). The Morgan fingerprint density at radius 1 is 0.375 bits per heavy atom. The minimum Gasteiger partial charge on any atom is -0.387 e. The number of carbonyl (C=O) groups excluding carboxylic acids is 1. The molecular formula is C79H160N2O6P+. The number of nitrogens with one attached hydrogen (secondary N) is 1. The molecule has 3 atom stereocenters. The average Bonchev–Trinajstić information content (AvgIpc) is 3.58. The summed E-state index contributed by atoms with van der Waals surface area (Å²) in [5.74, 6) is -0.165. The van der Waals surface area contributed by atoms with Crippen LogP contribution < -0.4 is 5.32 Å². The minimum absolute atomic E-state index is 0.0657. The van der Waals surface area contributed by atoms with Crippen LogP contribution in [0.1, 0.15) is 438 Å². The molecule has 9 heteroatoms. The molecule has 0 aromatic rings. The smallest absolute Gasteiger partial charge is 0.387 e. The first-order valence-corrected chi connectivity index (χ1v) is 41.6. The lowest BCUT2D eigenvalue weighted by atomic mass is 10.0. The number of nitrogens with zero attached hydrogens (tertiary/aromatic N) is 1. The van der Waals surface area contributed by atoms with Gasteiger partial charge < -0.3 is 19.8 Å². The maximum Gasteiger partial charge on any atom is 0.472 e. The third-order valence-electron chi connectivity index (χ3n) is 19.0. The number of aliphatic hydroxyl groups is 1. The molecule has 1 amide bonds. The van der Waals surface area contributed by atoms with Crippen LogP contribution in [-0.2, 0) is 18.4 Å². The van der Waals surface area contributed by atoms with Crippen LogP contribution in [0.2, 0.25) is 0 Å². The second kappa shape index (κ2) is 70.6. The van der Waals surface area contributed by atoms with Gasteiger partial charge in [0.1, 0.15) is 13.2 Å². The quantitative estimate of drug-likeness (QED) is 0.0243. The van der Waals surface area contributed by atoms with Crippen LogP contribution in [0, 0.1) is 0 Å². The van der Waals surface area contributed by atoms with Gasteiger partial charge in [-0.2, -0.15) is 0 Å². The van der Waals surface area contributed by atoms with Crippen molar-refractivity contribution in [3.05, 3.63) is 12.2 Å². The summed E-state index contributed by atoms with van der Waals surface area (Å²) in [6.45, 7) is 4.90. The van der Waals surface area contributed by atoms with Crippen molar-refractivity contribution in [1.82, 2.24) is 5.32 Å². The Bertz CT molecular complexity index is 1440. The summed E-state index contributed by atoms with van der Waals surface area (Å²) < 4.78 is 23.9. The highest BCUT2D eigenvalue weighted by Crippen LogP contribution is 2.43. The molecule has 0 heterocycles. The third kappa shape index (κ3) is 72.7. The number of aliphatic hydroxyl groups excluding tert-OH is 1. The molecule has 8 nitrogen and oxygen atoms in total. The standard InChI is InChI=1S/C79H159N2O6P/c1-6-8-10-12-14-16-18-20-22-24-26-28-30-32-34-36-38-39-40-41-42-43-45-47-49-51-53-55-57-59-61-63-65-67-69-71-73-79(83)80-77(76-87-88(84,85)86-75-74-81(3,4)5)78(82)72-70-68-66-64-62-60-58-56-54-52-50-48-46-44-37-35-33-31-29-27-25-23-21-19-17-15-13-11-9-7-2/h70,72,77-78,82H,6-69,71,73-76H2,1-5H3,(H-,80,83,84,85)/p+1/b72-70+. The predicted molar refractivity (Wildman–Crippen MR) is 388 cm³/mol. The van der Waals surface area contributed by atoms with E-state index in [1.54, 1.807) is 6.08 Å². The van der Waals surface area contributed by atoms with Gasteiger partial charge >= 0.3 is 7.82 Å². The van der Waals surface area contributed by atoms with Crippen LogP contribution in [0.25, 0.3) is 0 Å². The first-order chi connectivity index (χ1) is 43.0. The molecular weight excluding hydrogens is 1100 g/mol. The molecule has 0 fully saturated rings. The summed E-state index contributed by atoms with van der Waals surface area (Å²) in [5.41, 5.74) is 0. The Morgan fingerprint density at radius 3 is 0.841 bits per heavy atom. The van der Waals surface area contributed by atoms with Gasteiger partial charge in [-0.05, 0) is 19.3 Å². The van der Waals surface area contributed by atoms with Crippen LogP contribution in [-0.4, -0.2) is 73.4 Å². The first kappa shape index (κ1) is 87.2. The van der Waals surface area contributed by atoms with E-state index in [0.29, 0.717) is 17.4 Å². The van der Waals surface area contributed by atoms with E-state index in [2.05, 4.69) is 19.2 Å². The zero-order valence-electron chi connectivity index (χ0n) is 60.5. The van der Waals surface area contributed by atoms with Gasteiger partial charge in [0.2, 0.25) is 5.91 Å². The van der Waals surface area contributed by atoms with Crippen molar-refractivity contribution in [2.45, 2.75) is 450 Å². The number of hydrogen-bond acceptors (Lipinski definition) is 5. The molecule has 0 aromatic carbocycles. The summed E-state index contributed by atoms with van der Waals surface area (Å²) >= 11 is 0. The number of quaternary nitrogens is 1. The molecule has 3 unspecified atom stereocenters.